The molecule has 0 aliphatic heterocycles. The first kappa shape index (κ1) is 14.7. The van der Waals surface area contributed by atoms with Gasteiger partial charge >= 0.3 is 5.97 Å². The number of carboxylic acids is 1. The molecule has 0 amide bonds. The van der Waals surface area contributed by atoms with Crippen LogP contribution in [0.5, 0.6) is 0 Å². The number of aliphatic carboxylic acids is 1. The fourth-order valence-corrected chi connectivity index (χ4v) is 2.22. The molecule has 102 valence electrons. The zero-order valence-corrected chi connectivity index (χ0v) is 11.1. The number of hydrogen-bond donors (Lipinski definition) is 2. The van der Waals surface area contributed by atoms with Crippen molar-refractivity contribution >= 4 is 16.2 Å². The minimum absolute atomic E-state index is 0.0561. The molecule has 1 rings (SSSR count). The van der Waals surface area contributed by atoms with E-state index in [0.29, 0.717) is 0 Å². The molecule has 0 bridgehead atoms. The van der Waals surface area contributed by atoms with Gasteiger partial charge in [0.15, 0.2) is 0 Å². The van der Waals surface area contributed by atoms with E-state index in [9.17, 15) is 13.2 Å². The Hall–Kier alpha value is -1.38. The molecule has 0 saturated heterocycles. The van der Waals surface area contributed by atoms with Crippen LogP contribution in [0.4, 0.5) is 0 Å². The summed E-state index contributed by atoms with van der Waals surface area (Å²) in [5.74, 6) is -1.03. The summed E-state index contributed by atoms with van der Waals surface area (Å²) < 4.78 is 28.7. The first-order valence-corrected chi connectivity index (χ1v) is 6.79. The van der Waals surface area contributed by atoms with Crippen molar-refractivity contribution in [2.24, 2.45) is 7.05 Å². The molecule has 0 aliphatic rings. The third kappa shape index (κ3) is 4.47. The van der Waals surface area contributed by atoms with Crippen LogP contribution in [0.2, 0.25) is 0 Å². The molecule has 0 atom stereocenters. The van der Waals surface area contributed by atoms with Crippen LogP contribution in [-0.2, 0) is 28.6 Å². The lowest BCUT2D eigenvalue weighted by Gasteiger charge is -2.16. The Morgan fingerprint density at radius 1 is 1.56 bits per heavy atom. The third-order valence-corrected chi connectivity index (χ3v) is 3.92. The van der Waals surface area contributed by atoms with Crippen molar-refractivity contribution in [1.29, 1.82) is 0 Å². The SMILES string of the molecule is CN(CCC(=O)O)S(=O)(=O)NCc1ccn(C)c1. The van der Waals surface area contributed by atoms with Crippen LogP contribution in [0, 0.1) is 0 Å². The molecule has 0 unspecified atom stereocenters. The molecular formula is C10H17N3O4S. The van der Waals surface area contributed by atoms with Gasteiger partial charge in [0.2, 0.25) is 0 Å². The lowest BCUT2D eigenvalue weighted by molar-refractivity contribution is -0.137. The van der Waals surface area contributed by atoms with E-state index in [-0.39, 0.29) is 19.5 Å². The number of hydrogen-bond acceptors (Lipinski definition) is 3. The van der Waals surface area contributed by atoms with Gasteiger partial charge in [0.05, 0.1) is 6.42 Å². The van der Waals surface area contributed by atoms with Crippen molar-refractivity contribution in [3.63, 3.8) is 0 Å². The smallest absolute Gasteiger partial charge is 0.304 e. The number of aromatic nitrogens is 1. The number of nitrogens with zero attached hydrogens (tertiary/aromatic N) is 2. The van der Waals surface area contributed by atoms with Crippen molar-refractivity contribution < 1.29 is 18.3 Å². The van der Waals surface area contributed by atoms with Gasteiger partial charge in [0.1, 0.15) is 0 Å². The Kier molecular flexibility index (Phi) is 4.88. The van der Waals surface area contributed by atoms with Gasteiger partial charge in [-0.25, -0.2) is 0 Å². The van der Waals surface area contributed by atoms with Crippen molar-refractivity contribution in [2.75, 3.05) is 13.6 Å². The standard InChI is InChI=1S/C10H17N3O4S/c1-12-5-3-9(8-12)7-11-18(16,17)13(2)6-4-10(14)15/h3,5,8,11H,4,6-7H2,1-2H3,(H,14,15). The van der Waals surface area contributed by atoms with Crippen LogP contribution in [0.3, 0.4) is 0 Å². The van der Waals surface area contributed by atoms with E-state index in [4.69, 9.17) is 5.11 Å². The van der Waals surface area contributed by atoms with E-state index in [1.165, 1.54) is 7.05 Å². The predicted molar refractivity (Wildman–Crippen MR) is 66.1 cm³/mol. The van der Waals surface area contributed by atoms with Gasteiger partial charge in [-0.05, 0) is 11.6 Å². The van der Waals surface area contributed by atoms with Gasteiger partial charge in [-0.2, -0.15) is 17.4 Å². The first-order valence-electron chi connectivity index (χ1n) is 5.35. The molecule has 0 aromatic carbocycles. The van der Waals surface area contributed by atoms with E-state index in [1.54, 1.807) is 12.3 Å². The number of carboxylic acid groups (broad SMARTS) is 1. The number of rotatable bonds is 7. The second-order valence-electron chi connectivity index (χ2n) is 3.98. The summed E-state index contributed by atoms with van der Waals surface area (Å²) in [5, 5.41) is 8.49. The number of carbonyl (C=O) groups is 1. The van der Waals surface area contributed by atoms with E-state index in [0.717, 1.165) is 9.87 Å². The summed E-state index contributed by atoms with van der Waals surface area (Å²) in [6.45, 7) is 0.125. The molecule has 7 nitrogen and oxygen atoms in total. The van der Waals surface area contributed by atoms with Gasteiger partial charge < -0.3 is 9.67 Å². The van der Waals surface area contributed by atoms with Gasteiger partial charge in [-0.3, -0.25) is 4.79 Å². The topological polar surface area (TPSA) is 91.6 Å². The molecule has 1 aromatic rings. The maximum atomic E-state index is 11.7. The first-order chi connectivity index (χ1) is 8.31. The summed E-state index contributed by atoms with van der Waals surface area (Å²) in [4.78, 5) is 10.4. The number of nitrogens with one attached hydrogen (secondary N) is 1. The second kappa shape index (κ2) is 5.98. The monoisotopic (exact) mass is 275 g/mol. The third-order valence-electron chi connectivity index (χ3n) is 2.40. The van der Waals surface area contributed by atoms with Crippen molar-refractivity contribution in [2.45, 2.75) is 13.0 Å². The molecule has 1 aromatic heterocycles. The number of aryl methyl sites for hydroxylation is 1. The Labute approximate surface area is 106 Å². The molecule has 18 heavy (non-hydrogen) atoms. The van der Waals surface area contributed by atoms with Crippen LogP contribution in [0.25, 0.3) is 0 Å². The maximum Gasteiger partial charge on any atom is 0.304 e. The van der Waals surface area contributed by atoms with Gasteiger partial charge in [0.25, 0.3) is 10.2 Å². The molecule has 0 radical (unpaired) electrons. The van der Waals surface area contributed by atoms with Crippen LogP contribution in [-0.4, -0.2) is 42.0 Å². The zero-order valence-electron chi connectivity index (χ0n) is 10.3. The molecule has 1 heterocycles. The lowest BCUT2D eigenvalue weighted by Crippen LogP contribution is -2.38. The van der Waals surface area contributed by atoms with Crippen molar-refractivity contribution in [3.8, 4) is 0 Å². The minimum atomic E-state index is -3.63. The van der Waals surface area contributed by atoms with Crippen LogP contribution in [0.1, 0.15) is 12.0 Å². The molecular weight excluding hydrogens is 258 g/mol. The maximum absolute atomic E-state index is 11.7. The Balaban J connectivity index is 2.51. The molecule has 2 N–H and O–H groups in total. The molecule has 8 heteroatoms. The van der Waals surface area contributed by atoms with Gasteiger partial charge in [0, 0.05) is 39.6 Å². The second-order valence-corrected chi connectivity index (χ2v) is 5.84. The fourth-order valence-electron chi connectivity index (χ4n) is 1.32. The van der Waals surface area contributed by atoms with Gasteiger partial charge in [-0.1, -0.05) is 0 Å². The fraction of sp³-hybridized carbons (Fsp3) is 0.500. The van der Waals surface area contributed by atoms with E-state index >= 15 is 0 Å². The Morgan fingerprint density at radius 3 is 2.72 bits per heavy atom. The Morgan fingerprint density at radius 2 is 2.22 bits per heavy atom. The van der Waals surface area contributed by atoms with Crippen molar-refractivity contribution in [3.05, 3.63) is 24.0 Å². The molecule has 0 saturated carbocycles. The highest BCUT2D eigenvalue weighted by Gasteiger charge is 2.17. The lowest BCUT2D eigenvalue weighted by atomic mass is 10.4. The highest BCUT2D eigenvalue weighted by atomic mass is 32.2. The van der Waals surface area contributed by atoms with E-state index in [1.807, 2.05) is 17.8 Å². The Bertz CT molecular complexity index is 509. The van der Waals surface area contributed by atoms with Gasteiger partial charge in [-0.15, -0.1) is 0 Å². The summed E-state index contributed by atoms with van der Waals surface area (Å²) in [7, 11) is -0.446. The molecule has 0 aliphatic carbocycles. The summed E-state index contributed by atoms with van der Waals surface area (Å²) in [5.41, 5.74) is 0.840. The van der Waals surface area contributed by atoms with E-state index in [2.05, 4.69) is 4.72 Å². The quantitative estimate of drug-likeness (QED) is 0.719. The average molecular weight is 275 g/mol. The van der Waals surface area contributed by atoms with E-state index < -0.39 is 16.2 Å². The summed E-state index contributed by atoms with van der Waals surface area (Å²) >= 11 is 0. The average Bonchev–Trinajstić information content (AvgIpc) is 2.69. The van der Waals surface area contributed by atoms with Crippen molar-refractivity contribution in [1.82, 2.24) is 13.6 Å². The molecule has 0 spiro atoms. The molecule has 0 fully saturated rings. The minimum Gasteiger partial charge on any atom is -0.481 e. The largest absolute Gasteiger partial charge is 0.481 e. The van der Waals surface area contributed by atoms with Crippen LogP contribution < -0.4 is 4.72 Å². The normalized spacial score (nSPS) is 11.9. The van der Waals surface area contributed by atoms with Crippen LogP contribution >= 0.6 is 0 Å². The highest BCUT2D eigenvalue weighted by Crippen LogP contribution is 2.02. The predicted octanol–water partition coefficient (Wildman–Crippen LogP) is -0.234. The summed E-state index contributed by atoms with van der Waals surface area (Å²) in [6, 6.07) is 1.81. The summed E-state index contributed by atoms with van der Waals surface area (Å²) in [6.07, 6.45) is 3.40. The zero-order chi connectivity index (χ0) is 13.8. The highest BCUT2D eigenvalue weighted by molar-refractivity contribution is 7.87. The van der Waals surface area contributed by atoms with Crippen LogP contribution in [0.15, 0.2) is 18.5 Å².